The predicted molar refractivity (Wildman–Crippen MR) is 146 cm³/mol. The normalized spacial score (nSPS) is 11.8. The smallest absolute Gasteiger partial charge is 0.333 e. The van der Waals surface area contributed by atoms with E-state index in [4.69, 9.17) is 14.0 Å². The van der Waals surface area contributed by atoms with Gasteiger partial charge in [-0.2, -0.15) is 0 Å². The quantitative estimate of drug-likeness (QED) is 0.0783. The average molecular weight is 546 g/mol. The van der Waals surface area contributed by atoms with Crippen LogP contribution in [0.25, 0.3) is 6.08 Å². The van der Waals surface area contributed by atoms with Gasteiger partial charge in [0.1, 0.15) is 5.75 Å². The maximum Gasteiger partial charge on any atom is 0.333 e. The van der Waals surface area contributed by atoms with Gasteiger partial charge < -0.3 is 14.0 Å². The van der Waals surface area contributed by atoms with E-state index in [1.807, 2.05) is 6.92 Å². The molecule has 0 aliphatic rings. The van der Waals surface area contributed by atoms with Crippen molar-refractivity contribution in [1.29, 1.82) is 0 Å². The molecular weight excluding hydrogens is 515 g/mol. The average Bonchev–Trinajstić information content (AvgIpc) is 2.88. The lowest BCUT2D eigenvalue weighted by Gasteiger charge is -2.10. The van der Waals surface area contributed by atoms with Crippen LogP contribution in [-0.2, 0) is 26.8 Å². The number of halogens is 2. The Bertz CT molecular complexity index is 1180. The second-order valence-corrected chi connectivity index (χ2v) is 9.82. The van der Waals surface area contributed by atoms with E-state index in [-0.39, 0.29) is 17.7 Å². The first-order valence-electron chi connectivity index (χ1n) is 11.8. The number of nitrogens with one attached hydrogen (secondary N) is 1. The first-order chi connectivity index (χ1) is 17.9. The van der Waals surface area contributed by atoms with Crippen LogP contribution in [0.5, 0.6) is 11.5 Å². The zero-order valence-corrected chi connectivity index (χ0v) is 22.8. The highest BCUT2D eigenvalue weighted by Crippen LogP contribution is 2.30. The number of carbonyl (C=O) groups excluding carboxylic acids is 1. The number of benzene rings is 3. The van der Waals surface area contributed by atoms with E-state index in [0.29, 0.717) is 21.1 Å². The van der Waals surface area contributed by atoms with Gasteiger partial charge in [0.25, 0.3) is 0 Å². The maximum atomic E-state index is 14.6. The Balaban J connectivity index is 1.53. The van der Waals surface area contributed by atoms with Crippen molar-refractivity contribution >= 4 is 32.8 Å². The summed E-state index contributed by atoms with van der Waals surface area (Å²) >= 11 is 1.45. The molecule has 3 aromatic carbocycles. The molecule has 196 valence electrons. The lowest BCUT2D eigenvalue weighted by atomic mass is 10.1. The van der Waals surface area contributed by atoms with Crippen molar-refractivity contribution in [3.63, 3.8) is 0 Å². The Kier molecular flexibility index (Phi) is 11.5. The van der Waals surface area contributed by atoms with Crippen molar-refractivity contribution < 1.29 is 27.6 Å². The Labute approximate surface area is 222 Å². The minimum Gasteiger partial charge on any atom is -0.463 e. The molecule has 0 saturated carbocycles. The van der Waals surface area contributed by atoms with Crippen LogP contribution in [0.2, 0.25) is 0 Å². The van der Waals surface area contributed by atoms with Gasteiger partial charge in [-0.3, -0.25) is 4.72 Å². The highest BCUT2D eigenvalue weighted by molar-refractivity contribution is 7.97. The van der Waals surface area contributed by atoms with Crippen LogP contribution in [0.4, 0.5) is 8.78 Å². The standard InChI is InChI=1S/C28H30F2NO4PS/c1-4-33-28(32)19(3)14-22-15-25(29)27(26(30)16-22)35-23-10-12-24(13-11-23)37-31-17-20-6-8-21(9-7-20)18-36-34-5-2/h6-16,31,36H,4-5,17-18H2,1-3H3/b19-14+. The van der Waals surface area contributed by atoms with Crippen molar-refractivity contribution in [2.75, 3.05) is 13.2 Å². The van der Waals surface area contributed by atoms with Gasteiger partial charge in [0.15, 0.2) is 17.4 Å². The molecule has 5 nitrogen and oxygen atoms in total. The van der Waals surface area contributed by atoms with Crippen molar-refractivity contribution in [3.8, 4) is 11.5 Å². The number of hydrogen-bond donors (Lipinski definition) is 1. The van der Waals surface area contributed by atoms with Crippen LogP contribution in [-0.4, -0.2) is 19.2 Å². The summed E-state index contributed by atoms with van der Waals surface area (Å²) in [6, 6.07) is 17.6. The van der Waals surface area contributed by atoms with Gasteiger partial charge in [0.2, 0.25) is 0 Å². The summed E-state index contributed by atoms with van der Waals surface area (Å²) < 4.78 is 48.2. The summed E-state index contributed by atoms with van der Waals surface area (Å²) in [5, 5.41) is 0. The summed E-state index contributed by atoms with van der Waals surface area (Å²) in [5.41, 5.74) is 2.86. The van der Waals surface area contributed by atoms with Gasteiger partial charge in [0, 0.05) is 38.6 Å². The fourth-order valence-electron chi connectivity index (χ4n) is 3.22. The maximum absolute atomic E-state index is 14.6. The molecule has 0 saturated heterocycles. The largest absolute Gasteiger partial charge is 0.463 e. The summed E-state index contributed by atoms with van der Waals surface area (Å²) in [4.78, 5) is 12.7. The molecule has 0 aliphatic carbocycles. The van der Waals surface area contributed by atoms with Gasteiger partial charge >= 0.3 is 5.97 Å². The minimum absolute atomic E-state index is 0.200. The number of hydrogen-bond acceptors (Lipinski definition) is 6. The topological polar surface area (TPSA) is 56.8 Å². The molecule has 0 aromatic heterocycles. The first kappa shape index (κ1) is 28.8. The van der Waals surface area contributed by atoms with Crippen molar-refractivity contribution in [1.82, 2.24) is 4.72 Å². The van der Waals surface area contributed by atoms with Crippen LogP contribution in [0, 0.1) is 11.6 Å². The van der Waals surface area contributed by atoms with Crippen molar-refractivity contribution in [2.24, 2.45) is 0 Å². The summed E-state index contributed by atoms with van der Waals surface area (Å²) in [7, 11) is 0.484. The van der Waals surface area contributed by atoms with Gasteiger partial charge in [-0.15, -0.1) is 0 Å². The molecule has 1 unspecified atom stereocenters. The van der Waals surface area contributed by atoms with E-state index >= 15 is 0 Å². The van der Waals surface area contributed by atoms with Crippen LogP contribution >= 0.6 is 20.8 Å². The lowest BCUT2D eigenvalue weighted by molar-refractivity contribution is -0.138. The van der Waals surface area contributed by atoms with Crippen molar-refractivity contribution in [2.45, 2.75) is 38.4 Å². The molecule has 0 radical (unpaired) electrons. The fourth-order valence-corrected chi connectivity index (χ4v) is 4.61. The summed E-state index contributed by atoms with van der Waals surface area (Å²) in [6.45, 7) is 6.84. The molecule has 0 bridgehead atoms. The third-order valence-corrected chi connectivity index (χ3v) is 6.90. The second-order valence-electron chi connectivity index (χ2n) is 7.93. The molecule has 0 heterocycles. The van der Waals surface area contributed by atoms with Crippen LogP contribution in [0.1, 0.15) is 37.5 Å². The fraction of sp³-hybridized carbons (Fsp3) is 0.250. The lowest BCUT2D eigenvalue weighted by Crippen LogP contribution is -2.05. The number of carbonyl (C=O) groups is 1. The van der Waals surface area contributed by atoms with Gasteiger partial charge in [-0.1, -0.05) is 24.3 Å². The number of rotatable bonds is 13. The van der Waals surface area contributed by atoms with Gasteiger partial charge in [-0.25, -0.2) is 13.6 Å². The molecule has 3 rings (SSSR count). The molecule has 0 fully saturated rings. The van der Waals surface area contributed by atoms with E-state index in [1.54, 1.807) is 31.2 Å². The van der Waals surface area contributed by atoms with E-state index in [9.17, 15) is 13.6 Å². The van der Waals surface area contributed by atoms with Crippen LogP contribution in [0.15, 0.2) is 71.1 Å². The predicted octanol–water partition coefficient (Wildman–Crippen LogP) is 7.65. The molecule has 0 spiro atoms. The van der Waals surface area contributed by atoms with Crippen LogP contribution in [0.3, 0.4) is 0 Å². The molecular formula is C28H30F2NO4PS. The van der Waals surface area contributed by atoms with E-state index < -0.39 is 23.4 Å². The molecule has 3 aromatic rings. The second kappa shape index (κ2) is 14.8. The zero-order chi connectivity index (χ0) is 26.6. The van der Waals surface area contributed by atoms with Gasteiger partial charge in [0.05, 0.1) is 6.61 Å². The Morgan fingerprint density at radius 3 is 2.24 bits per heavy atom. The molecule has 37 heavy (non-hydrogen) atoms. The van der Waals surface area contributed by atoms with Gasteiger partial charge in [-0.05, 0) is 91.9 Å². The zero-order valence-electron chi connectivity index (χ0n) is 21.0. The highest BCUT2D eigenvalue weighted by atomic mass is 32.2. The molecule has 1 N–H and O–H groups in total. The third-order valence-electron chi connectivity index (χ3n) is 5.06. The Hall–Kier alpha value is -2.77. The Morgan fingerprint density at radius 2 is 1.62 bits per heavy atom. The van der Waals surface area contributed by atoms with Crippen LogP contribution < -0.4 is 9.46 Å². The highest BCUT2D eigenvalue weighted by Gasteiger charge is 2.14. The minimum atomic E-state index is -0.868. The van der Waals surface area contributed by atoms with E-state index in [1.165, 1.54) is 30.5 Å². The molecule has 0 aliphatic heterocycles. The Morgan fingerprint density at radius 1 is 0.973 bits per heavy atom. The monoisotopic (exact) mass is 545 g/mol. The first-order valence-corrected chi connectivity index (χ1v) is 13.8. The molecule has 9 heteroatoms. The number of ether oxygens (including phenoxy) is 2. The molecule has 0 amide bonds. The molecule has 1 atom stereocenters. The summed E-state index contributed by atoms with van der Waals surface area (Å²) in [5.74, 6) is -2.48. The summed E-state index contributed by atoms with van der Waals surface area (Å²) in [6.07, 6.45) is 2.29. The van der Waals surface area contributed by atoms with Crippen molar-refractivity contribution in [3.05, 3.63) is 94.6 Å². The van der Waals surface area contributed by atoms with E-state index in [0.717, 1.165) is 35.4 Å². The SMILES string of the molecule is CCOPCc1ccc(CNSc2ccc(Oc3c(F)cc(/C=C(\C)C(=O)OCC)cc3F)cc2)cc1. The third kappa shape index (κ3) is 9.24. The number of esters is 1. The van der Waals surface area contributed by atoms with E-state index in [2.05, 4.69) is 29.0 Å².